The molecule has 13 heavy (non-hydrogen) atoms. The van der Waals surface area contributed by atoms with Crippen molar-refractivity contribution in [2.45, 2.75) is 25.8 Å². The summed E-state index contributed by atoms with van der Waals surface area (Å²) in [6.45, 7) is 1.93. The first-order valence-electron chi connectivity index (χ1n) is 4.29. The van der Waals surface area contributed by atoms with E-state index in [1.54, 1.807) is 0 Å². The molecule has 3 amide bonds. The molecule has 2 N–H and O–H groups in total. The number of hydrogen-bond acceptors (Lipinski definition) is 2. The van der Waals surface area contributed by atoms with Gasteiger partial charge in [-0.3, -0.25) is 10.1 Å². The summed E-state index contributed by atoms with van der Waals surface area (Å²) in [4.78, 5) is 21.7. The van der Waals surface area contributed by atoms with Gasteiger partial charge in [-0.1, -0.05) is 0 Å². The fourth-order valence-corrected chi connectivity index (χ4v) is 1.18. The van der Waals surface area contributed by atoms with Gasteiger partial charge in [0.15, 0.2) is 0 Å². The Hall–Kier alpha value is -0.770. The number of carbonyl (C=O) groups is 2. The van der Waals surface area contributed by atoms with Crippen LogP contribution in [0.5, 0.6) is 0 Å². The first kappa shape index (κ1) is 10.3. The smallest absolute Gasteiger partial charge is 0.321 e. The second-order valence-corrected chi connectivity index (χ2v) is 3.55. The number of halogens is 1. The van der Waals surface area contributed by atoms with Crippen LogP contribution in [-0.2, 0) is 4.79 Å². The maximum Gasteiger partial charge on any atom is 0.321 e. The van der Waals surface area contributed by atoms with Gasteiger partial charge in [-0.2, -0.15) is 0 Å². The van der Waals surface area contributed by atoms with Crippen LogP contribution in [0.1, 0.15) is 19.8 Å². The zero-order chi connectivity index (χ0) is 9.84. The van der Waals surface area contributed by atoms with Crippen molar-refractivity contribution >= 4 is 23.5 Å². The minimum absolute atomic E-state index is 0.142. The summed E-state index contributed by atoms with van der Waals surface area (Å²) in [5.74, 6) is -0.0791. The molecule has 1 fully saturated rings. The molecule has 1 atom stereocenters. The number of carbonyl (C=O) groups excluding carboxylic acids is 2. The number of urea groups is 1. The zero-order valence-corrected chi connectivity index (χ0v) is 8.23. The summed E-state index contributed by atoms with van der Waals surface area (Å²) >= 11 is 5.22. The number of hydrogen-bond donors (Lipinski definition) is 2. The van der Waals surface area contributed by atoms with Gasteiger partial charge in [0.25, 0.3) is 0 Å². The SMILES string of the molecule is CC(NC(=O)NC(=O)CCl)C1CC1. The molecule has 1 aliphatic carbocycles. The van der Waals surface area contributed by atoms with E-state index in [0.717, 1.165) is 12.8 Å². The fraction of sp³-hybridized carbons (Fsp3) is 0.750. The standard InChI is InChI=1S/C8H13ClN2O2/c1-5(6-2-3-6)10-8(13)11-7(12)4-9/h5-6H,2-4H2,1H3,(H2,10,11,12,13). The lowest BCUT2D eigenvalue weighted by Crippen LogP contribution is -2.44. The summed E-state index contributed by atoms with van der Waals surface area (Å²) in [5, 5.41) is 4.80. The molecule has 0 heterocycles. The first-order chi connectivity index (χ1) is 6.13. The molecule has 0 radical (unpaired) electrons. The van der Waals surface area contributed by atoms with Crippen LogP contribution >= 0.6 is 11.6 Å². The summed E-state index contributed by atoms with van der Waals surface area (Å²) in [6.07, 6.45) is 2.32. The largest absolute Gasteiger partial charge is 0.335 e. The second kappa shape index (κ2) is 4.46. The van der Waals surface area contributed by atoms with E-state index in [1.807, 2.05) is 6.92 Å². The molecule has 0 spiro atoms. The van der Waals surface area contributed by atoms with Crippen LogP contribution in [0.15, 0.2) is 0 Å². The molecule has 1 unspecified atom stereocenters. The molecule has 74 valence electrons. The molecule has 0 bridgehead atoms. The fourth-order valence-electron chi connectivity index (χ4n) is 1.12. The third-order valence-electron chi connectivity index (χ3n) is 2.06. The van der Waals surface area contributed by atoms with Crippen molar-refractivity contribution in [3.05, 3.63) is 0 Å². The van der Waals surface area contributed by atoms with Gasteiger partial charge in [-0.15, -0.1) is 11.6 Å². The van der Waals surface area contributed by atoms with E-state index in [9.17, 15) is 9.59 Å². The third kappa shape index (κ3) is 3.63. The molecule has 1 aliphatic rings. The molecule has 4 nitrogen and oxygen atoms in total. The van der Waals surface area contributed by atoms with Gasteiger partial charge in [-0.25, -0.2) is 4.79 Å². The Balaban J connectivity index is 2.19. The van der Waals surface area contributed by atoms with Gasteiger partial charge in [0, 0.05) is 6.04 Å². The average Bonchev–Trinajstić information content (AvgIpc) is 2.85. The van der Waals surface area contributed by atoms with E-state index < -0.39 is 11.9 Å². The molecule has 0 aromatic rings. The van der Waals surface area contributed by atoms with Crippen LogP contribution in [0.4, 0.5) is 4.79 Å². The van der Waals surface area contributed by atoms with E-state index in [4.69, 9.17) is 11.6 Å². The monoisotopic (exact) mass is 204 g/mol. The molecule has 5 heteroatoms. The molecule has 1 saturated carbocycles. The van der Waals surface area contributed by atoms with Crippen molar-refractivity contribution in [2.75, 3.05) is 5.88 Å². The Morgan fingerprint density at radius 1 is 1.54 bits per heavy atom. The van der Waals surface area contributed by atoms with Crippen LogP contribution in [-0.4, -0.2) is 23.9 Å². The van der Waals surface area contributed by atoms with Crippen molar-refractivity contribution in [1.82, 2.24) is 10.6 Å². The predicted molar refractivity (Wildman–Crippen MR) is 49.6 cm³/mol. The quantitative estimate of drug-likeness (QED) is 0.670. The van der Waals surface area contributed by atoms with Crippen LogP contribution in [0, 0.1) is 5.92 Å². The van der Waals surface area contributed by atoms with E-state index in [2.05, 4.69) is 10.6 Å². The average molecular weight is 205 g/mol. The van der Waals surface area contributed by atoms with Crippen molar-refractivity contribution in [3.63, 3.8) is 0 Å². The Kier molecular flexibility index (Phi) is 3.54. The highest BCUT2D eigenvalue weighted by Gasteiger charge is 2.28. The normalized spacial score (nSPS) is 17.7. The Labute approximate surface area is 82.0 Å². The molecule has 1 rings (SSSR count). The van der Waals surface area contributed by atoms with Gasteiger partial charge >= 0.3 is 6.03 Å². The Bertz CT molecular complexity index is 216. The minimum Gasteiger partial charge on any atom is -0.335 e. The maximum absolute atomic E-state index is 11.1. The highest BCUT2D eigenvalue weighted by Crippen LogP contribution is 2.32. The summed E-state index contributed by atoms with van der Waals surface area (Å²) in [5.41, 5.74) is 0. The highest BCUT2D eigenvalue weighted by atomic mass is 35.5. The number of rotatable bonds is 3. The number of alkyl halides is 1. The lowest BCUT2D eigenvalue weighted by molar-refractivity contribution is -0.117. The summed E-state index contributed by atoms with van der Waals surface area (Å²) in [7, 11) is 0. The van der Waals surface area contributed by atoms with Crippen molar-refractivity contribution in [2.24, 2.45) is 5.92 Å². The summed E-state index contributed by atoms with van der Waals surface area (Å²) < 4.78 is 0. The van der Waals surface area contributed by atoms with E-state index in [0.29, 0.717) is 5.92 Å². The zero-order valence-electron chi connectivity index (χ0n) is 7.47. The van der Waals surface area contributed by atoms with Crippen molar-refractivity contribution in [1.29, 1.82) is 0 Å². The lowest BCUT2D eigenvalue weighted by atomic mass is 10.2. The first-order valence-corrected chi connectivity index (χ1v) is 4.83. The number of amides is 3. The van der Waals surface area contributed by atoms with Crippen LogP contribution in [0.25, 0.3) is 0 Å². The van der Waals surface area contributed by atoms with Gasteiger partial charge < -0.3 is 5.32 Å². The van der Waals surface area contributed by atoms with Crippen molar-refractivity contribution < 1.29 is 9.59 Å². The van der Waals surface area contributed by atoms with Gasteiger partial charge in [0.2, 0.25) is 5.91 Å². The van der Waals surface area contributed by atoms with Crippen LogP contribution in [0.2, 0.25) is 0 Å². The molecule has 0 saturated heterocycles. The van der Waals surface area contributed by atoms with Crippen LogP contribution in [0.3, 0.4) is 0 Å². The Morgan fingerprint density at radius 3 is 2.62 bits per heavy atom. The highest BCUT2D eigenvalue weighted by molar-refractivity contribution is 6.28. The van der Waals surface area contributed by atoms with E-state index in [-0.39, 0.29) is 11.9 Å². The van der Waals surface area contributed by atoms with Gasteiger partial charge in [0.05, 0.1) is 0 Å². The maximum atomic E-state index is 11.1. The number of nitrogens with one attached hydrogen (secondary N) is 2. The van der Waals surface area contributed by atoms with E-state index >= 15 is 0 Å². The van der Waals surface area contributed by atoms with E-state index in [1.165, 1.54) is 0 Å². The predicted octanol–water partition coefficient (Wildman–Crippen LogP) is 0.849. The van der Waals surface area contributed by atoms with Gasteiger partial charge in [-0.05, 0) is 25.7 Å². The van der Waals surface area contributed by atoms with Crippen LogP contribution < -0.4 is 10.6 Å². The summed E-state index contributed by atoms with van der Waals surface area (Å²) in [6, 6.07) is -0.312. The second-order valence-electron chi connectivity index (χ2n) is 3.28. The minimum atomic E-state index is -0.470. The third-order valence-corrected chi connectivity index (χ3v) is 2.30. The molecular weight excluding hydrogens is 192 g/mol. The molecule has 0 aliphatic heterocycles. The number of imide groups is 1. The van der Waals surface area contributed by atoms with Gasteiger partial charge in [0.1, 0.15) is 5.88 Å². The molecule has 0 aromatic carbocycles. The topological polar surface area (TPSA) is 58.2 Å². The molecule has 0 aromatic heterocycles. The van der Waals surface area contributed by atoms with Crippen molar-refractivity contribution in [3.8, 4) is 0 Å². The lowest BCUT2D eigenvalue weighted by Gasteiger charge is -2.12. The Morgan fingerprint density at radius 2 is 2.15 bits per heavy atom. The molecular formula is C8H13ClN2O2.